The summed E-state index contributed by atoms with van der Waals surface area (Å²) in [6.07, 6.45) is -4.82. The first-order chi connectivity index (χ1) is 16.3. The number of imidazole rings is 1. The molecule has 182 valence electrons. The minimum atomic E-state index is -4.40. The van der Waals surface area contributed by atoms with Crippen LogP contribution in [0.15, 0.2) is 41.8 Å². The highest BCUT2D eigenvalue weighted by atomic mass is 32.2. The third-order valence-corrected chi connectivity index (χ3v) is 6.94. The Labute approximate surface area is 196 Å². The van der Waals surface area contributed by atoms with Gasteiger partial charge in [-0.05, 0) is 30.7 Å². The number of nitrogens with one attached hydrogen (secondary N) is 1. The van der Waals surface area contributed by atoms with Gasteiger partial charge in [0.05, 0.1) is 30.6 Å². The maximum atomic E-state index is 12.7. The molecule has 34 heavy (non-hydrogen) atoms. The van der Waals surface area contributed by atoms with Crippen LogP contribution in [0.4, 0.5) is 19.0 Å². The van der Waals surface area contributed by atoms with E-state index >= 15 is 0 Å². The van der Waals surface area contributed by atoms with Crippen LogP contribution in [0.5, 0.6) is 0 Å². The number of anilines is 1. The van der Waals surface area contributed by atoms with Gasteiger partial charge < -0.3 is 25.0 Å². The number of ether oxygens (including phenoxy) is 2. The van der Waals surface area contributed by atoms with Crippen LogP contribution in [0, 0.1) is 0 Å². The van der Waals surface area contributed by atoms with Crippen molar-refractivity contribution in [3.8, 4) is 0 Å². The molecular weight excluding hydrogens is 475 g/mol. The van der Waals surface area contributed by atoms with Gasteiger partial charge in [0, 0.05) is 17.3 Å². The number of fused-ring (bicyclic) bond motifs is 1. The van der Waals surface area contributed by atoms with Crippen molar-refractivity contribution in [2.45, 2.75) is 48.1 Å². The fourth-order valence-corrected chi connectivity index (χ4v) is 4.96. The van der Waals surface area contributed by atoms with Gasteiger partial charge in [-0.25, -0.2) is 15.0 Å². The van der Waals surface area contributed by atoms with E-state index in [0.29, 0.717) is 35.1 Å². The van der Waals surface area contributed by atoms with Gasteiger partial charge >= 0.3 is 6.18 Å². The van der Waals surface area contributed by atoms with Gasteiger partial charge in [0.2, 0.25) is 0 Å². The maximum Gasteiger partial charge on any atom is 0.416 e. The lowest BCUT2D eigenvalue weighted by molar-refractivity contribution is -0.137. The van der Waals surface area contributed by atoms with Crippen molar-refractivity contribution in [3.63, 3.8) is 0 Å². The van der Waals surface area contributed by atoms with E-state index in [4.69, 9.17) is 9.47 Å². The van der Waals surface area contributed by atoms with E-state index in [1.807, 2.05) is 0 Å². The molecule has 3 N–H and O–H groups in total. The van der Waals surface area contributed by atoms with Crippen molar-refractivity contribution < 1.29 is 32.9 Å². The fraction of sp³-hybridized carbons (Fsp3) is 0.476. The van der Waals surface area contributed by atoms with E-state index in [1.165, 1.54) is 36.5 Å². The lowest BCUT2D eigenvalue weighted by Crippen LogP contribution is -2.32. The van der Waals surface area contributed by atoms with Gasteiger partial charge in [-0.2, -0.15) is 13.2 Å². The molecule has 2 aliphatic rings. The van der Waals surface area contributed by atoms with Crippen LogP contribution in [0.3, 0.4) is 0 Å². The van der Waals surface area contributed by atoms with E-state index in [0.717, 1.165) is 18.6 Å². The van der Waals surface area contributed by atoms with E-state index in [1.54, 1.807) is 4.57 Å². The fourth-order valence-electron chi connectivity index (χ4n) is 4.00. The summed E-state index contributed by atoms with van der Waals surface area (Å²) in [5, 5.41) is 24.5. The summed E-state index contributed by atoms with van der Waals surface area (Å²) >= 11 is 1.23. The molecule has 0 saturated carbocycles. The number of aliphatic hydroxyl groups is 2. The van der Waals surface area contributed by atoms with Crippen LogP contribution in [0.1, 0.15) is 18.2 Å². The smallest absolute Gasteiger partial charge is 0.387 e. The maximum absolute atomic E-state index is 12.7. The Bertz CT molecular complexity index is 1140. The summed E-state index contributed by atoms with van der Waals surface area (Å²) < 4.78 is 51.1. The molecule has 5 rings (SSSR count). The number of alkyl halides is 3. The highest BCUT2D eigenvalue weighted by Gasteiger charge is 2.44. The van der Waals surface area contributed by atoms with Gasteiger partial charge in [0.15, 0.2) is 23.2 Å². The van der Waals surface area contributed by atoms with Crippen molar-refractivity contribution in [2.24, 2.45) is 0 Å². The molecule has 0 spiro atoms. The molecule has 2 fully saturated rings. The first kappa shape index (κ1) is 23.3. The number of nitrogens with zero attached hydrogens (tertiary/aromatic N) is 4. The summed E-state index contributed by atoms with van der Waals surface area (Å²) in [6.45, 7) is 1.24. The van der Waals surface area contributed by atoms with E-state index in [-0.39, 0.29) is 11.8 Å². The van der Waals surface area contributed by atoms with Crippen LogP contribution >= 0.6 is 11.8 Å². The lowest BCUT2D eigenvalue weighted by Gasteiger charge is -2.17. The second-order valence-corrected chi connectivity index (χ2v) is 9.22. The van der Waals surface area contributed by atoms with Crippen LogP contribution < -0.4 is 5.32 Å². The molecule has 13 heteroatoms. The van der Waals surface area contributed by atoms with Crippen LogP contribution in [0.2, 0.25) is 0 Å². The minimum Gasteiger partial charge on any atom is -0.387 e. The Kier molecular flexibility index (Phi) is 6.37. The molecular formula is C21H22F3N5O4S. The van der Waals surface area contributed by atoms with Crippen molar-refractivity contribution >= 4 is 28.7 Å². The zero-order valence-electron chi connectivity index (χ0n) is 17.7. The zero-order valence-corrected chi connectivity index (χ0v) is 18.5. The van der Waals surface area contributed by atoms with Crippen LogP contribution in [-0.4, -0.2) is 73.1 Å². The average molecular weight is 497 g/mol. The Morgan fingerprint density at radius 1 is 1.12 bits per heavy atom. The minimum absolute atomic E-state index is 0.116. The molecule has 9 nitrogen and oxygen atoms in total. The predicted molar refractivity (Wildman–Crippen MR) is 116 cm³/mol. The van der Waals surface area contributed by atoms with Gasteiger partial charge in [0.1, 0.15) is 18.5 Å². The Morgan fingerprint density at radius 3 is 2.62 bits per heavy atom. The molecule has 3 aromatic rings. The second-order valence-electron chi connectivity index (χ2n) is 8.13. The summed E-state index contributed by atoms with van der Waals surface area (Å²) in [5.74, 6) is 0.776. The van der Waals surface area contributed by atoms with Gasteiger partial charge in [-0.3, -0.25) is 4.57 Å². The molecule has 0 bridgehead atoms. The van der Waals surface area contributed by atoms with Crippen molar-refractivity contribution in [1.82, 2.24) is 19.5 Å². The average Bonchev–Trinajstić information content (AvgIpc) is 3.54. The molecule has 4 heterocycles. The summed E-state index contributed by atoms with van der Waals surface area (Å²) in [5.41, 5.74) is 0.207. The first-order valence-corrected chi connectivity index (χ1v) is 11.6. The number of thioether (sulfide) groups is 1. The molecule has 0 aliphatic carbocycles. The van der Waals surface area contributed by atoms with E-state index in [9.17, 15) is 23.4 Å². The number of hydrogen-bond donors (Lipinski definition) is 3. The van der Waals surface area contributed by atoms with Gasteiger partial charge in [-0.1, -0.05) is 0 Å². The third kappa shape index (κ3) is 4.58. The molecule has 1 aromatic carbocycles. The second kappa shape index (κ2) is 9.30. The van der Waals surface area contributed by atoms with E-state index < -0.39 is 36.3 Å². The largest absolute Gasteiger partial charge is 0.416 e. The molecule has 0 radical (unpaired) electrons. The standard InChI is InChI=1S/C21H22F3N5O4S/c22-21(23,24)11-1-3-13(4-2-11)34-8-14-16(30)17(31)20(33-14)29-10-27-15-18(25-9-26-19(15)29)28-12-5-6-32-7-12/h1-4,9-10,12,14,16-17,20,30-31H,5-8H2,(H,25,26,28)/t12-,14?,16-,17-,20?/m1/s1. The SMILES string of the molecule is O[C@@H]1C(CSc2ccc(C(F)(F)F)cc2)OC(n2cnc3c(N[C@@H]4CCOC4)ncnc32)[C@@H]1O. The Hall–Kier alpha value is -2.45. The first-order valence-electron chi connectivity index (χ1n) is 10.6. The Balaban J connectivity index is 1.29. The molecule has 5 atom stereocenters. The summed E-state index contributed by atoms with van der Waals surface area (Å²) in [4.78, 5) is 13.5. The lowest BCUT2D eigenvalue weighted by atomic mass is 10.1. The highest BCUT2D eigenvalue weighted by Crippen LogP contribution is 2.36. The topological polar surface area (TPSA) is 115 Å². The van der Waals surface area contributed by atoms with Crippen molar-refractivity contribution in [1.29, 1.82) is 0 Å². The number of rotatable bonds is 6. The van der Waals surface area contributed by atoms with Crippen molar-refractivity contribution in [2.75, 3.05) is 24.3 Å². The summed E-state index contributed by atoms with van der Waals surface area (Å²) in [6, 6.07) is 4.86. The van der Waals surface area contributed by atoms with Crippen LogP contribution in [0.25, 0.3) is 11.2 Å². The molecule has 2 unspecified atom stereocenters. The van der Waals surface area contributed by atoms with Gasteiger partial charge in [0.25, 0.3) is 0 Å². The predicted octanol–water partition coefficient (Wildman–Crippen LogP) is 2.46. The quantitative estimate of drug-likeness (QED) is 0.442. The summed E-state index contributed by atoms with van der Waals surface area (Å²) in [7, 11) is 0. The highest BCUT2D eigenvalue weighted by molar-refractivity contribution is 7.99. The number of aliphatic hydroxyl groups excluding tert-OH is 2. The molecule has 2 saturated heterocycles. The number of hydrogen-bond acceptors (Lipinski definition) is 9. The van der Waals surface area contributed by atoms with Gasteiger partial charge in [-0.15, -0.1) is 11.8 Å². The normalized spacial score (nSPS) is 27.5. The molecule has 2 aromatic heterocycles. The molecule has 0 amide bonds. The number of benzene rings is 1. The molecule has 2 aliphatic heterocycles. The van der Waals surface area contributed by atoms with Crippen LogP contribution in [-0.2, 0) is 15.7 Å². The zero-order chi connectivity index (χ0) is 23.9. The third-order valence-electron chi connectivity index (χ3n) is 5.84. The monoisotopic (exact) mass is 497 g/mol. The van der Waals surface area contributed by atoms with Crippen molar-refractivity contribution in [3.05, 3.63) is 42.5 Å². The van der Waals surface area contributed by atoms with E-state index in [2.05, 4.69) is 20.3 Å². The number of aromatic nitrogens is 4. The Morgan fingerprint density at radius 2 is 1.91 bits per heavy atom. The number of halogens is 3.